The lowest BCUT2D eigenvalue weighted by atomic mass is 9.65. The SMILES string of the molecule is COc1cc2c(c(OC)n1)C[C@@]13CC=C(C)C[C@H]1CC(=O)[C@H]23. The molecular weight excluding hydrogens is 278 g/mol. The molecule has 0 amide bonds. The first-order valence-corrected chi connectivity index (χ1v) is 7.89. The molecule has 1 spiro atoms. The summed E-state index contributed by atoms with van der Waals surface area (Å²) < 4.78 is 10.8. The molecule has 0 aliphatic heterocycles. The predicted octanol–water partition coefficient (Wildman–Crippen LogP) is 3.05. The molecule has 116 valence electrons. The molecule has 4 rings (SSSR count). The third-order valence-electron chi connectivity index (χ3n) is 5.87. The summed E-state index contributed by atoms with van der Waals surface area (Å²) >= 11 is 0. The van der Waals surface area contributed by atoms with E-state index in [4.69, 9.17) is 9.47 Å². The molecule has 0 N–H and O–H groups in total. The maximum atomic E-state index is 12.8. The van der Waals surface area contributed by atoms with Crippen molar-refractivity contribution in [2.24, 2.45) is 11.3 Å². The Balaban J connectivity index is 1.88. The number of rotatable bonds is 2. The maximum Gasteiger partial charge on any atom is 0.219 e. The zero-order valence-electron chi connectivity index (χ0n) is 13.3. The summed E-state index contributed by atoms with van der Waals surface area (Å²) in [6, 6.07) is 1.95. The van der Waals surface area contributed by atoms with Gasteiger partial charge in [0, 0.05) is 24.0 Å². The molecule has 0 unspecified atom stereocenters. The Hall–Kier alpha value is -1.84. The average Bonchev–Trinajstić information content (AvgIpc) is 2.98. The van der Waals surface area contributed by atoms with Gasteiger partial charge in [-0.05, 0) is 43.1 Å². The van der Waals surface area contributed by atoms with Crippen molar-refractivity contribution in [2.45, 2.75) is 38.5 Å². The van der Waals surface area contributed by atoms with E-state index in [1.165, 1.54) is 5.57 Å². The molecule has 4 heteroatoms. The number of methoxy groups -OCH3 is 2. The zero-order valence-corrected chi connectivity index (χ0v) is 13.3. The van der Waals surface area contributed by atoms with Gasteiger partial charge in [0.05, 0.1) is 14.2 Å². The normalized spacial score (nSPS) is 32.1. The number of ether oxygens (including phenoxy) is 2. The molecule has 1 aromatic rings. The van der Waals surface area contributed by atoms with E-state index in [2.05, 4.69) is 18.0 Å². The Morgan fingerprint density at radius 2 is 2.09 bits per heavy atom. The smallest absolute Gasteiger partial charge is 0.219 e. The second-order valence-electron chi connectivity index (χ2n) is 6.91. The van der Waals surface area contributed by atoms with Crippen molar-refractivity contribution in [3.8, 4) is 11.8 Å². The van der Waals surface area contributed by atoms with E-state index in [9.17, 15) is 4.79 Å². The second-order valence-corrected chi connectivity index (χ2v) is 6.91. The van der Waals surface area contributed by atoms with Crippen molar-refractivity contribution in [2.75, 3.05) is 14.2 Å². The van der Waals surface area contributed by atoms with Crippen LogP contribution < -0.4 is 9.47 Å². The minimum absolute atomic E-state index is 0.0114. The molecule has 1 aromatic heterocycles. The Bertz CT molecular complexity index is 694. The third kappa shape index (κ3) is 1.64. The monoisotopic (exact) mass is 299 g/mol. The van der Waals surface area contributed by atoms with Crippen LogP contribution in [0.15, 0.2) is 17.7 Å². The van der Waals surface area contributed by atoms with Gasteiger partial charge < -0.3 is 9.47 Å². The Kier molecular flexibility index (Phi) is 2.87. The molecule has 4 nitrogen and oxygen atoms in total. The lowest BCUT2D eigenvalue weighted by Crippen LogP contribution is -2.31. The number of allylic oxidation sites excluding steroid dienone is 2. The molecule has 0 bridgehead atoms. The Morgan fingerprint density at radius 3 is 2.82 bits per heavy atom. The fourth-order valence-corrected chi connectivity index (χ4v) is 4.90. The summed E-state index contributed by atoms with van der Waals surface area (Å²) in [5, 5.41) is 0. The molecular formula is C18H21NO3. The Morgan fingerprint density at radius 1 is 1.27 bits per heavy atom. The van der Waals surface area contributed by atoms with Gasteiger partial charge in [-0.25, -0.2) is 0 Å². The topological polar surface area (TPSA) is 48.4 Å². The Labute approximate surface area is 130 Å². The summed E-state index contributed by atoms with van der Waals surface area (Å²) in [6.07, 6.45) is 5.96. The number of hydrogen-bond donors (Lipinski definition) is 0. The molecule has 0 aromatic carbocycles. The number of Topliss-reactive ketones (excluding diaryl/α,β-unsaturated/α-hetero) is 1. The highest BCUT2D eigenvalue weighted by atomic mass is 16.5. The average molecular weight is 299 g/mol. The number of hydrogen-bond acceptors (Lipinski definition) is 4. The van der Waals surface area contributed by atoms with E-state index in [1.807, 2.05) is 6.07 Å². The second kappa shape index (κ2) is 4.58. The van der Waals surface area contributed by atoms with Gasteiger partial charge in [0.15, 0.2) is 0 Å². The van der Waals surface area contributed by atoms with Crippen LogP contribution in [0, 0.1) is 11.3 Å². The number of ketones is 1. The van der Waals surface area contributed by atoms with Crippen molar-refractivity contribution in [1.29, 1.82) is 0 Å². The first-order valence-electron chi connectivity index (χ1n) is 7.89. The van der Waals surface area contributed by atoms with Crippen LogP contribution >= 0.6 is 0 Å². The van der Waals surface area contributed by atoms with Crippen molar-refractivity contribution in [3.05, 3.63) is 28.8 Å². The molecule has 3 aliphatic carbocycles. The fourth-order valence-electron chi connectivity index (χ4n) is 4.90. The van der Waals surface area contributed by atoms with E-state index in [0.717, 1.165) is 30.4 Å². The summed E-state index contributed by atoms with van der Waals surface area (Å²) in [7, 11) is 3.24. The minimum atomic E-state index is -0.0114. The first kappa shape index (κ1) is 13.8. The standard InChI is InChI=1S/C18H21NO3/c1-10-4-5-18-9-13-12(8-15(21-2)19-17(13)22-3)16(18)14(20)7-11(18)6-10/h4,8,11,16H,5-7,9H2,1-3H3/t11-,16-,18-/m0/s1. The van der Waals surface area contributed by atoms with Crippen LogP contribution in [-0.2, 0) is 11.2 Å². The van der Waals surface area contributed by atoms with E-state index >= 15 is 0 Å². The highest BCUT2D eigenvalue weighted by Gasteiger charge is 2.60. The van der Waals surface area contributed by atoms with Crippen LogP contribution in [0.2, 0.25) is 0 Å². The lowest BCUT2D eigenvalue weighted by molar-refractivity contribution is -0.119. The molecule has 3 atom stereocenters. The van der Waals surface area contributed by atoms with Crippen LogP contribution in [-0.4, -0.2) is 25.0 Å². The van der Waals surface area contributed by atoms with E-state index in [1.54, 1.807) is 14.2 Å². The fraction of sp³-hybridized carbons (Fsp3) is 0.556. The largest absolute Gasteiger partial charge is 0.481 e. The summed E-state index contributed by atoms with van der Waals surface area (Å²) in [6.45, 7) is 2.18. The van der Waals surface area contributed by atoms with Crippen molar-refractivity contribution in [1.82, 2.24) is 4.98 Å². The van der Waals surface area contributed by atoms with Crippen molar-refractivity contribution < 1.29 is 14.3 Å². The first-order chi connectivity index (χ1) is 10.6. The molecule has 1 fully saturated rings. The summed E-state index contributed by atoms with van der Waals surface area (Å²) in [4.78, 5) is 17.2. The number of pyridine rings is 1. The zero-order chi connectivity index (χ0) is 15.5. The lowest BCUT2D eigenvalue weighted by Gasteiger charge is -2.38. The number of carbonyl (C=O) groups is 1. The van der Waals surface area contributed by atoms with E-state index in [-0.39, 0.29) is 11.3 Å². The van der Waals surface area contributed by atoms with Crippen LogP contribution in [0.3, 0.4) is 0 Å². The van der Waals surface area contributed by atoms with Gasteiger partial charge in [0.1, 0.15) is 5.78 Å². The molecule has 1 saturated carbocycles. The van der Waals surface area contributed by atoms with E-state index < -0.39 is 0 Å². The molecule has 1 heterocycles. The van der Waals surface area contributed by atoms with Gasteiger partial charge in [0.25, 0.3) is 0 Å². The van der Waals surface area contributed by atoms with Crippen molar-refractivity contribution in [3.63, 3.8) is 0 Å². The van der Waals surface area contributed by atoms with Gasteiger partial charge >= 0.3 is 0 Å². The maximum absolute atomic E-state index is 12.8. The molecule has 3 aliphatic rings. The van der Waals surface area contributed by atoms with Gasteiger partial charge in [-0.3, -0.25) is 4.79 Å². The molecule has 0 saturated heterocycles. The van der Waals surface area contributed by atoms with Gasteiger partial charge in [-0.1, -0.05) is 11.6 Å². The minimum Gasteiger partial charge on any atom is -0.481 e. The number of carbonyl (C=O) groups excluding carboxylic acids is 1. The highest BCUT2D eigenvalue weighted by Crippen LogP contribution is 2.64. The van der Waals surface area contributed by atoms with E-state index in [0.29, 0.717) is 29.9 Å². The molecule has 0 radical (unpaired) electrons. The van der Waals surface area contributed by atoms with Crippen LogP contribution in [0.4, 0.5) is 0 Å². The number of aromatic nitrogens is 1. The molecule has 22 heavy (non-hydrogen) atoms. The van der Waals surface area contributed by atoms with Gasteiger partial charge in [0.2, 0.25) is 11.8 Å². The van der Waals surface area contributed by atoms with Crippen LogP contribution in [0.5, 0.6) is 11.8 Å². The summed E-state index contributed by atoms with van der Waals surface area (Å²) in [5.74, 6) is 1.98. The van der Waals surface area contributed by atoms with Crippen molar-refractivity contribution >= 4 is 5.78 Å². The highest BCUT2D eigenvalue weighted by molar-refractivity contribution is 5.91. The summed E-state index contributed by atoms with van der Waals surface area (Å²) in [5.41, 5.74) is 3.66. The van der Waals surface area contributed by atoms with Crippen LogP contribution in [0.25, 0.3) is 0 Å². The predicted molar refractivity (Wildman–Crippen MR) is 82.3 cm³/mol. The third-order valence-corrected chi connectivity index (χ3v) is 5.87. The number of fused-ring (bicyclic) bond motifs is 2. The van der Waals surface area contributed by atoms with Gasteiger partial charge in [-0.2, -0.15) is 4.98 Å². The van der Waals surface area contributed by atoms with Crippen LogP contribution in [0.1, 0.15) is 43.2 Å². The quantitative estimate of drug-likeness (QED) is 0.788. The van der Waals surface area contributed by atoms with Gasteiger partial charge in [-0.15, -0.1) is 0 Å². The number of nitrogens with zero attached hydrogens (tertiary/aromatic N) is 1.